The van der Waals surface area contributed by atoms with E-state index in [9.17, 15) is 24.5 Å². The molecule has 1 saturated carbocycles. The quantitative estimate of drug-likeness (QED) is 0.226. The van der Waals surface area contributed by atoms with Crippen LogP contribution in [0, 0.1) is 5.41 Å². The number of rotatable bonds is 7. The Labute approximate surface area is 254 Å². The highest BCUT2D eigenvalue weighted by Crippen LogP contribution is 2.47. The molecular weight excluding hydrogens is 527 g/mol. The fraction of sp³-hybridized carbons (Fsp3) is 0.517. The SMILES string of the molecule is [B]c1nc(O)c([B])n1C1(O)CCC(C)(C)C(/C=C/C(C)=C/C=C/C(C)=C/C(=O)NC2C([B])C([B])C(F)C([B])C2O)=C1C. The number of hydrogen-bond donors (Lipinski definition) is 4. The fourth-order valence-electron chi connectivity index (χ4n) is 5.62. The summed E-state index contributed by atoms with van der Waals surface area (Å²) >= 11 is 0. The summed E-state index contributed by atoms with van der Waals surface area (Å²) in [6.45, 7) is 9.62. The molecule has 0 aromatic carbocycles. The van der Waals surface area contributed by atoms with Crippen molar-refractivity contribution in [2.24, 2.45) is 5.41 Å². The van der Waals surface area contributed by atoms with Crippen LogP contribution in [-0.2, 0) is 10.5 Å². The lowest BCUT2D eigenvalue weighted by molar-refractivity contribution is -0.118. The van der Waals surface area contributed by atoms with Crippen LogP contribution < -0.4 is 16.6 Å². The van der Waals surface area contributed by atoms with E-state index < -0.39 is 53.3 Å². The minimum atomic E-state index is -1.67. The highest BCUT2D eigenvalue weighted by Gasteiger charge is 2.45. The second-order valence-electron chi connectivity index (χ2n) is 11.9. The van der Waals surface area contributed by atoms with Gasteiger partial charge in [0, 0.05) is 24.1 Å². The van der Waals surface area contributed by atoms with Crippen LogP contribution >= 0.6 is 0 Å². The van der Waals surface area contributed by atoms with E-state index in [-0.39, 0.29) is 16.7 Å². The molecule has 1 aromatic rings. The molecule has 1 heterocycles. The molecule has 212 valence electrons. The standard InChI is InChI=1S/C29H35B5FN3O4/c1-14(7-6-8-15(2)13-18(39)36-23-20(31)19(30)22(35)21(32)24(23)40)9-10-17-16(3)29(42,12-11-28(17,4)5)38-25(33)26(41)37-27(38)34/h6-10,13,19-24,40-42H,11-12H2,1-5H3,(H,36,39)/b8-6+,10-9+,14-7+,15-13+. The van der Waals surface area contributed by atoms with Crippen LogP contribution in [0.25, 0.3) is 0 Å². The predicted octanol–water partition coefficient (Wildman–Crippen LogP) is 1.03. The summed E-state index contributed by atoms with van der Waals surface area (Å²) in [4.78, 5) is 16.3. The van der Waals surface area contributed by atoms with Gasteiger partial charge in [0.25, 0.3) is 0 Å². The molecule has 2 aliphatic carbocycles. The Bertz CT molecular complexity index is 1340. The molecule has 1 amide bonds. The third kappa shape index (κ3) is 6.78. The number of amides is 1. The first kappa shape index (κ1) is 33.9. The smallest absolute Gasteiger partial charge is 0.244 e. The van der Waals surface area contributed by atoms with Gasteiger partial charge in [-0.2, -0.15) is 0 Å². The Morgan fingerprint density at radius 2 is 1.74 bits per heavy atom. The molecule has 2 aliphatic rings. The second kappa shape index (κ2) is 12.9. The Morgan fingerprint density at radius 3 is 2.33 bits per heavy atom. The summed E-state index contributed by atoms with van der Waals surface area (Å²) in [5.41, 5.74) is 1.08. The zero-order valence-corrected chi connectivity index (χ0v) is 24.8. The van der Waals surface area contributed by atoms with Crippen molar-refractivity contribution in [3.8, 4) is 5.88 Å². The van der Waals surface area contributed by atoms with Gasteiger partial charge in [0.15, 0.2) is 13.6 Å². The molecule has 1 fully saturated rings. The number of imidazole rings is 1. The minimum Gasteiger partial charge on any atom is -0.493 e. The number of carbonyl (C=O) groups excluding carboxylic acids is 1. The van der Waals surface area contributed by atoms with Crippen LogP contribution in [0.15, 0.2) is 58.7 Å². The molecule has 0 spiro atoms. The maximum absolute atomic E-state index is 14.1. The number of nitrogens with zero attached hydrogens (tertiary/aromatic N) is 2. The number of carbonyl (C=O) groups is 1. The van der Waals surface area contributed by atoms with Crippen molar-refractivity contribution in [1.82, 2.24) is 14.9 Å². The molecule has 1 aromatic heterocycles. The third-order valence-electron chi connectivity index (χ3n) is 8.38. The van der Waals surface area contributed by atoms with Crippen molar-refractivity contribution in [3.05, 3.63) is 58.7 Å². The van der Waals surface area contributed by atoms with Crippen LogP contribution in [0.5, 0.6) is 5.88 Å². The van der Waals surface area contributed by atoms with Gasteiger partial charge in [-0.25, -0.2) is 9.37 Å². The van der Waals surface area contributed by atoms with Crippen LogP contribution in [0.3, 0.4) is 0 Å². The van der Waals surface area contributed by atoms with Gasteiger partial charge in [-0.05, 0) is 61.0 Å². The molecule has 0 saturated heterocycles. The minimum absolute atomic E-state index is 0.0773. The van der Waals surface area contributed by atoms with Gasteiger partial charge >= 0.3 is 0 Å². The topological polar surface area (TPSA) is 108 Å². The summed E-state index contributed by atoms with van der Waals surface area (Å²) < 4.78 is 15.3. The lowest BCUT2D eigenvalue weighted by Gasteiger charge is -2.45. The van der Waals surface area contributed by atoms with E-state index in [0.29, 0.717) is 24.0 Å². The van der Waals surface area contributed by atoms with E-state index in [4.69, 9.17) is 39.2 Å². The number of allylic oxidation sites excluding steroid dienone is 8. The lowest BCUT2D eigenvalue weighted by Crippen LogP contribution is -2.55. The highest BCUT2D eigenvalue weighted by atomic mass is 19.1. The monoisotopic (exact) mass is 563 g/mol. The lowest BCUT2D eigenvalue weighted by atomic mass is 9.51. The van der Waals surface area contributed by atoms with Gasteiger partial charge in [0.1, 0.15) is 7.85 Å². The van der Waals surface area contributed by atoms with E-state index >= 15 is 0 Å². The number of nitrogens with one attached hydrogen (secondary N) is 1. The first-order valence-corrected chi connectivity index (χ1v) is 13.8. The van der Waals surface area contributed by atoms with Crippen LogP contribution in [-0.4, -0.2) is 88.3 Å². The Balaban J connectivity index is 1.74. The van der Waals surface area contributed by atoms with Gasteiger partial charge < -0.3 is 25.2 Å². The summed E-state index contributed by atoms with van der Waals surface area (Å²) in [6.07, 6.45) is 8.47. The molecule has 0 bridgehead atoms. The van der Waals surface area contributed by atoms with Crippen LogP contribution in [0.2, 0.25) is 17.5 Å². The average molecular weight is 563 g/mol. The first-order valence-electron chi connectivity index (χ1n) is 13.8. The highest BCUT2D eigenvalue weighted by molar-refractivity contribution is 6.36. The molecule has 3 rings (SSSR count). The van der Waals surface area contributed by atoms with Crippen molar-refractivity contribution < 1.29 is 24.5 Å². The van der Waals surface area contributed by atoms with E-state index in [2.05, 4.69) is 24.1 Å². The molecule has 4 N–H and O–H groups in total. The maximum atomic E-state index is 14.1. The maximum Gasteiger partial charge on any atom is 0.244 e. The summed E-state index contributed by atoms with van der Waals surface area (Å²) in [5.74, 6) is -4.30. The average Bonchev–Trinajstić information content (AvgIpc) is 3.17. The molecule has 0 aliphatic heterocycles. The van der Waals surface area contributed by atoms with E-state index in [1.165, 1.54) is 10.6 Å². The molecule has 7 unspecified atom stereocenters. The van der Waals surface area contributed by atoms with Crippen molar-refractivity contribution in [2.75, 3.05) is 0 Å². The summed E-state index contributed by atoms with van der Waals surface area (Å²) in [7, 11) is 29.3. The third-order valence-corrected chi connectivity index (χ3v) is 8.38. The van der Waals surface area contributed by atoms with Crippen molar-refractivity contribution in [1.29, 1.82) is 0 Å². The Kier molecular flexibility index (Phi) is 10.4. The van der Waals surface area contributed by atoms with Gasteiger partial charge in [0.2, 0.25) is 11.8 Å². The van der Waals surface area contributed by atoms with Gasteiger partial charge in [-0.15, -0.1) is 0 Å². The van der Waals surface area contributed by atoms with E-state index in [0.717, 1.165) is 11.1 Å². The number of aromatic nitrogens is 2. The Morgan fingerprint density at radius 1 is 1.10 bits per heavy atom. The number of alkyl halides is 1. The number of aromatic hydroxyl groups is 1. The zero-order chi connectivity index (χ0) is 31.7. The van der Waals surface area contributed by atoms with Crippen molar-refractivity contribution in [2.45, 2.75) is 89.0 Å². The number of halogens is 1. The summed E-state index contributed by atoms with van der Waals surface area (Å²) in [5, 5.41) is 34.4. The van der Waals surface area contributed by atoms with Gasteiger partial charge in [-0.1, -0.05) is 55.6 Å². The van der Waals surface area contributed by atoms with Crippen LogP contribution in [0.1, 0.15) is 47.5 Å². The molecule has 10 radical (unpaired) electrons. The molecule has 7 atom stereocenters. The fourth-order valence-corrected chi connectivity index (χ4v) is 5.62. The van der Waals surface area contributed by atoms with Gasteiger partial charge in [-0.3, -0.25) is 4.79 Å². The summed E-state index contributed by atoms with van der Waals surface area (Å²) in [6, 6.07) is -0.985. The number of aliphatic hydroxyl groups is 2. The zero-order valence-electron chi connectivity index (χ0n) is 24.8. The normalized spacial score (nSPS) is 32.6. The van der Waals surface area contributed by atoms with Crippen molar-refractivity contribution in [3.63, 3.8) is 0 Å². The van der Waals surface area contributed by atoms with Crippen molar-refractivity contribution >= 4 is 56.5 Å². The Hall–Kier alpha value is -2.65. The molecule has 42 heavy (non-hydrogen) atoms. The molecule has 13 heteroatoms. The van der Waals surface area contributed by atoms with E-state index in [1.54, 1.807) is 19.1 Å². The van der Waals surface area contributed by atoms with Gasteiger partial charge in [0.05, 0.1) is 41.5 Å². The molecule has 7 nitrogen and oxygen atoms in total. The number of hydrogen-bond acceptors (Lipinski definition) is 5. The second-order valence-corrected chi connectivity index (χ2v) is 11.9. The first-order chi connectivity index (χ1) is 19.4. The van der Waals surface area contributed by atoms with Crippen LogP contribution in [0.4, 0.5) is 4.39 Å². The van der Waals surface area contributed by atoms with E-state index in [1.807, 2.05) is 32.1 Å². The predicted molar refractivity (Wildman–Crippen MR) is 168 cm³/mol. The molecular formula is C29H35B5FN3O4. The number of aliphatic hydroxyl groups excluding tert-OH is 1. The largest absolute Gasteiger partial charge is 0.493 e.